The van der Waals surface area contributed by atoms with Crippen molar-refractivity contribution in [1.82, 2.24) is 5.32 Å². The van der Waals surface area contributed by atoms with Gasteiger partial charge in [-0.25, -0.2) is 0 Å². The Labute approximate surface area is 148 Å². The Bertz CT molecular complexity index is 784. The van der Waals surface area contributed by atoms with Crippen LogP contribution in [0.3, 0.4) is 0 Å². The van der Waals surface area contributed by atoms with Crippen LogP contribution in [0.5, 0.6) is 5.75 Å². The summed E-state index contributed by atoms with van der Waals surface area (Å²) in [5, 5.41) is 11.3. The van der Waals surface area contributed by atoms with Crippen LogP contribution in [-0.2, 0) is 6.18 Å². The van der Waals surface area contributed by atoms with Crippen molar-refractivity contribution in [3.63, 3.8) is 0 Å². The van der Waals surface area contributed by atoms with Crippen LogP contribution in [0.15, 0.2) is 42.5 Å². The first-order valence-electron chi connectivity index (χ1n) is 7.77. The van der Waals surface area contributed by atoms with Crippen LogP contribution in [0, 0.1) is 0 Å². The molecule has 1 amide bonds. The molecule has 2 rings (SSSR count). The monoisotopic (exact) mass is 365 g/mol. The summed E-state index contributed by atoms with van der Waals surface area (Å²) < 4.78 is 43.0. The van der Waals surface area contributed by atoms with Crippen LogP contribution < -0.4 is 10.1 Å². The third-order valence-electron chi connectivity index (χ3n) is 3.58. The highest BCUT2D eigenvalue weighted by atomic mass is 19.4. The van der Waals surface area contributed by atoms with E-state index >= 15 is 0 Å². The molecule has 0 atom stereocenters. The summed E-state index contributed by atoms with van der Waals surface area (Å²) in [6, 6.07) is 9.56. The predicted molar refractivity (Wildman–Crippen MR) is 92.8 cm³/mol. The van der Waals surface area contributed by atoms with Crippen LogP contribution in [-0.4, -0.2) is 31.3 Å². The van der Waals surface area contributed by atoms with E-state index in [1.807, 2.05) is 0 Å². The Kier molecular flexibility index (Phi) is 6.41. The highest BCUT2D eigenvalue weighted by Gasteiger charge is 2.29. The number of alkyl halides is 3. The molecule has 0 radical (unpaired) electrons. The van der Waals surface area contributed by atoms with Gasteiger partial charge in [-0.15, -0.1) is 0 Å². The Morgan fingerprint density at radius 1 is 1.15 bits per heavy atom. The molecule has 0 aliphatic rings. The predicted octanol–water partition coefficient (Wildman–Crippen LogP) is 3.61. The van der Waals surface area contributed by atoms with Crippen LogP contribution in [0.1, 0.15) is 27.0 Å². The number of hydrogen-bond donors (Lipinski definition) is 2. The molecular formula is C19H18F3NO3. The molecule has 0 heterocycles. The lowest BCUT2D eigenvalue weighted by Crippen LogP contribution is -2.26. The van der Waals surface area contributed by atoms with E-state index in [0.717, 1.165) is 12.1 Å². The van der Waals surface area contributed by atoms with Crippen molar-refractivity contribution >= 4 is 18.1 Å². The van der Waals surface area contributed by atoms with E-state index in [0.29, 0.717) is 22.4 Å². The summed E-state index contributed by atoms with van der Waals surface area (Å²) in [5.74, 6) is 0.178. The van der Waals surface area contributed by atoms with Crippen molar-refractivity contribution in [2.45, 2.75) is 6.18 Å². The Balaban J connectivity index is 2.23. The fourth-order valence-electron chi connectivity index (χ4n) is 2.25. The zero-order chi connectivity index (χ0) is 19.2. The van der Waals surface area contributed by atoms with Gasteiger partial charge >= 0.3 is 6.18 Å². The number of benzene rings is 2. The molecule has 26 heavy (non-hydrogen) atoms. The number of methoxy groups -OCH3 is 1. The van der Waals surface area contributed by atoms with E-state index in [2.05, 4.69) is 5.32 Å². The Morgan fingerprint density at radius 2 is 1.85 bits per heavy atom. The zero-order valence-electron chi connectivity index (χ0n) is 14.0. The second-order valence-corrected chi connectivity index (χ2v) is 5.39. The SMILES string of the molecule is COc1ccc(C(=O)NCCO)cc1C=Cc1ccc(C(F)(F)F)cc1. The van der Waals surface area contributed by atoms with Crippen LogP contribution in [0.25, 0.3) is 12.2 Å². The number of carbonyl (C=O) groups is 1. The van der Waals surface area contributed by atoms with E-state index in [4.69, 9.17) is 9.84 Å². The van der Waals surface area contributed by atoms with Crippen LogP contribution >= 0.6 is 0 Å². The number of halogens is 3. The standard InChI is InChI=1S/C19H18F3NO3/c1-26-17-9-6-15(18(25)23-10-11-24)12-14(17)5-2-13-3-7-16(8-4-13)19(20,21)22/h2-9,12,24H,10-11H2,1H3,(H,23,25). The zero-order valence-corrected chi connectivity index (χ0v) is 14.0. The third-order valence-corrected chi connectivity index (χ3v) is 3.58. The van der Waals surface area contributed by atoms with Crippen molar-refractivity contribution in [2.75, 3.05) is 20.3 Å². The second-order valence-electron chi connectivity index (χ2n) is 5.39. The number of aliphatic hydroxyl groups is 1. The number of rotatable bonds is 6. The molecule has 0 aliphatic carbocycles. The van der Waals surface area contributed by atoms with E-state index < -0.39 is 11.7 Å². The summed E-state index contributed by atoms with van der Waals surface area (Å²) in [4.78, 5) is 12.0. The molecule has 0 fully saturated rings. The second kappa shape index (κ2) is 8.53. The van der Waals surface area contributed by atoms with Gasteiger partial charge in [0.2, 0.25) is 0 Å². The summed E-state index contributed by atoms with van der Waals surface area (Å²) in [5.41, 5.74) is 0.848. The van der Waals surface area contributed by atoms with Crippen molar-refractivity contribution in [3.8, 4) is 5.75 Å². The molecule has 2 N–H and O–H groups in total. The maximum Gasteiger partial charge on any atom is 0.416 e. The minimum atomic E-state index is -4.37. The van der Waals surface area contributed by atoms with E-state index in [-0.39, 0.29) is 19.1 Å². The molecule has 7 heteroatoms. The van der Waals surface area contributed by atoms with Crippen LogP contribution in [0.4, 0.5) is 13.2 Å². The van der Waals surface area contributed by atoms with Crippen molar-refractivity contribution in [1.29, 1.82) is 0 Å². The molecule has 0 aliphatic heterocycles. The van der Waals surface area contributed by atoms with Crippen molar-refractivity contribution in [3.05, 3.63) is 64.7 Å². The third kappa shape index (κ3) is 5.10. The number of nitrogens with one attached hydrogen (secondary N) is 1. The minimum Gasteiger partial charge on any atom is -0.496 e. The van der Waals surface area contributed by atoms with Crippen LogP contribution in [0.2, 0.25) is 0 Å². The summed E-state index contributed by atoms with van der Waals surface area (Å²) in [6.07, 6.45) is -1.08. The van der Waals surface area contributed by atoms with Gasteiger partial charge in [0.1, 0.15) is 5.75 Å². The van der Waals surface area contributed by atoms with Gasteiger partial charge in [0, 0.05) is 17.7 Å². The van der Waals surface area contributed by atoms with Crippen molar-refractivity contribution < 1.29 is 27.8 Å². The summed E-state index contributed by atoms with van der Waals surface area (Å²) in [6.45, 7) is -0.0236. The fourth-order valence-corrected chi connectivity index (χ4v) is 2.25. The lowest BCUT2D eigenvalue weighted by atomic mass is 10.1. The Hall–Kier alpha value is -2.80. The van der Waals surface area contributed by atoms with E-state index in [1.165, 1.54) is 19.2 Å². The molecule has 0 aromatic heterocycles. The molecule has 0 bridgehead atoms. The average molecular weight is 365 g/mol. The molecule has 4 nitrogen and oxygen atoms in total. The summed E-state index contributed by atoms with van der Waals surface area (Å²) in [7, 11) is 1.48. The van der Waals surface area contributed by atoms with Gasteiger partial charge in [0.05, 0.1) is 19.3 Å². The molecular weight excluding hydrogens is 347 g/mol. The van der Waals surface area contributed by atoms with E-state index in [9.17, 15) is 18.0 Å². The van der Waals surface area contributed by atoms with Gasteiger partial charge in [-0.05, 0) is 35.9 Å². The number of aliphatic hydroxyl groups excluding tert-OH is 1. The lowest BCUT2D eigenvalue weighted by Gasteiger charge is -2.09. The lowest BCUT2D eigenvalue weighted by molar-refractivity contribution is -0.137. The molecule has 2 aromatic carbocycles. The average Bonchev–Trinajstić information content (AvgIpc) is 2.63. The maximum absolute atomic E-state index is 12.6. The van der Waals surface area contributed by atoms with Gasteiger partial charge in [-0.2, -0.15) is 13.2 Å². The number of amides is 1. The molecule has 0 spiro atoms. The normalized spacial score (nSPS) is 11.6. The first-order chi connectivity index (χ1) is 12.3. The maximum atomic E-state index is 12.6. The first-order valence-corrected chi connectivity index (χ1v) is 7.77. The first kappa shape index (κ1) is 19.5. The van der Waals surface area contributed by atoms with Gasteiger partial charge in [0.25, 0.3) is 5.91 Å². The largest absolute Gasteiger partial charge is 0.496 e. The topological polar surface area (TPSA) is 58.6 Å². The van der Waals surface area contributed by atoms with Crippen molar-refractivity contribution in [2.24, 2.45) is 0 Å². The van der Waals surface area contributed by atoms with Gasteiger partial charge in [-0.3, -0.25) is 4.79 Å². The highest BCUT2D eigenvalue weighted by molar-refractivity contribution is 5.95. The molecule has 2 aromatic rings. The number of ether oxygens (including phenoxy) is 1. The number of carbonyl (C=O) groups excluding carboxylic acids is 1. The smallest absolute Gasteiger partial charge is 0.416 e. The van der Waals surface area contributed by atoms with E-state index in [1.54, 1.807) is 30.4 Å². The number of hydrogen-bond acceptors (Lipinski definition) is 3. The van der Waals surface area contributed by atoms with Gasteiger partial charge in [-0.1, -0.05) is 24.3 Å². The summed E-state index contributed by atoms with van der Waals surface area (Å²) >= 11 is 0. The van der Waals surface area contributed by atoms with Gasteiger partial charge < -0.3 is 15.2 Å². The quantitative estimate of drug-likeness (QED) is 0.769. The van der Waals surface area contributed by atoms with Gasteiger partial charge in [0.15, 0.2) is 0 Å². The molecule has 138 valence electrons. The highest BCUT2D eigenvalue weighted by Crippen LogP contribution is 2.29. The molecule has 0 unspecified atom stereocenters. The fraction of sp³-hybridized carbons (Fsp3) is 0.211. The molecule has 0 saturated carbocycles. The minimum absolute atomic E-state index is 0.140. The molecule has 0 saturated heterocycles. The Morgan fingerprint density at radius 3 is 2.42 bits per heavy atom.